The summed E-state index contributed by atoms with van der Waals surface area (Å²) in [7, 11) is 0. The lowest BCUT2D eigenvalue weighted by molar-refractivity contribution is 0.220. The molecule has 2 aromatic rings. The lowest BCUT2D eigenvalue weighted by Crippen LogP contribution is -2.09. The first-order valence-corrected chi connectivity index (χ1v) is 7.01. The molecule has 1 fully saturated rings. The third kappa shape index (κ3) is 2.51. The van der Waals surface area contributed by atoms with E-state index >= 15 is 0 Å². The Morgan fingerprint density at radius 1 is 1.16 bits per heavy atom. The molecule has 0 bridgehead atoms. The highest BCUT2D eigenvalue weighted by Gasteiger charge is 2.20. The molecule has 1 saturated carbocycles. The van der Waals surface area contributed by atoms with Crippen molar-refractivity contribution in [2.45, 2.75) is 31.3 Å². The Hall–Kier alpha value is -1.38. The fourth-order valence-corrected chi connectivity index (χ4v) is 2.70. The molecule has 1 aromatic heterocycles. The van der Waals surface area contributed by atoms with Crippen molar-refractivity contribution in [2.75, 3.05) is 0 Å². The molecular weight excluding hydrogens is 258 g/mol. The molecule has 0 radical (unpaired) electrons. The Bertz CT molecular complexity index is 563. The number of hydrogen-bond acceptors (Lipinski definition) is 2. The fraction of sp³-hybridized carbons (Fsp3) is 0.312. The van der Waals surface area contributed by atoms with Gasteiger partial charge in [0.25, 0.3) is 0 Å². The predicted octanol–water partition coefficient (Wildman–Crippen LogP) is 4.08. The zero-order valence-corrected chi connectivity index (χ0v) is 11.3. The minimum Gasteiger partial charge on any atom is -0.384 e. The molecule has 1 aliphatic rings. The number of pyridine rings is 1. The lowest BCUT2D eigenvalue weighted by Gasteiger charge is -2.26. The van der Waals surface area contributed by atoms with Crippen LogP contribution >= 0.6 is 11.6 Å². The monoisotopic (exact) mass is 273 g/mol. The van der Waals surface area contributed by atoms with E-state index in [-0.39, 0.29) is 0 Å². The molecule has 2 nitrogen and oxygen atoms in total. The SMILES string of the molecule is OC(c1ccc(C2CCC2)cc1)c1ccncc1Cl. The maximum absolute atomic E-state index is 10.4. The van der Waals surface area contributed by atoms with E-state index in [1.807, 2.05) is 12.1 Å². The summed E-state index contributed by atoms with van der Waals surface area (Å²) in [5.74, 6) is 0.718. The molecule has 1 N–H and O–H groups in total. The van der Waals surface area contributed by atoms with Crippen molar-refractivity contribution in [1.82, 2.24) is 4.98 Å². The minimum atomic E-state index is -0.689. The van der Waals surface area contributed by atoms with Crippen molar-refractivity contribution in [3.63, 3.8) is 0 Å². The Kier molecular flexibility index (Phi) is 3.54. The quantitative estimate of drug-likeness (QED) is 0.914. The second kappa shape index (κ2) is 5.32. The van der Waals surface area contributed by atoms with E-state index in [1.54, 1.807) is 18.5 Å². The third-order valence-electron chi connectivity index (χ3n) is 3.93. The number of nitrogens with zero attached hydrogens (tertiary/aromatic N) is 1. The van der Waals surface area contributed by atoms with E-state index in [1.165, 1.54) is 24.8 Å². The second-order valence-corrected chi connectivity index (χ2v) is 5.50. The zero-order chi connectivity index (χ0) is 13.2. The highest BCUT2D eigenvalue weighted by Crippen LogP contribution is 2.37. The van der Waals surface area contributed by atoms with Crippen molar-refractivity contribution < 1.29 is 5.11 Å². The molecule has 1 aliphatic carbocycles. The number of aliphatic hydroxyl groups is 1. The van der Waals surface area contributed by atoms with Crippen LogP contribution in [0, 0.1) is 0 Å². The first kappa shape index (κ1) is 12.6. The molecule has 1 unspecified atom stereocenters. The number of hydrogen-bond donors (Lipinski definition) is 1. The molecule has 19 heavy (non-hydrogen) atoms. The summed E-state index contributed by atoms with van der Waals surface area (Å²) >= 11 is 6.06. The van der Waals surface area contributed by atoms with Crippen molar-refractivity contribution in [3.05, 3.63) is 64.4 Å². The van der Waals surface area contributed by atoms with Crippen LogP contribution in [0.25, 0.3) is 0 Å². The van der Waals surface area contributed by atoms with Gasteiger partial charge in [-0.3, -0.25) is 4.98 Å². The van der Waals surface area contributed by atoms with Gasteiger partial charge in [-0.15, -0.1) is 0 Å². The average Bonchev–Trinajstić information content (AvgIpc) is 2.37. The van der Waals surface area contributed by atoms with E-state index in [9.17, 15) is 5.11 Å². The van der Waals surface area contributed by atoms with Crippen LogP contribution in [0.1, 0.15) is 48.0 Å². The van der Waals surface area contributed by atoms with Crippen molar-refractivity contribution in [1.29, 1.82) is 0 Å². The number of aromatic nitrogens is 1. The molecule has 98 valence electrons. The van der Waals surface area contributed by atoms with Crippen LogP contribution in [-0.4, -0.2) is 10.1 Å². The van der Waals surface area contributed by atoms with E-state index in [2.05, 4.69) is 17.1 Å². The van der Waals surface area contributed by atoms with Gasteiger partial charge in [0.05, 0.1) is 5.02 Å². The van der Waals surface area contributed by atoms with Gasteiger partial charge in [-0.05, 0) is 36.0 Å². The van der Waals surface area contributed by atoms with Gasteiger partial charge in [0, 0.05) is 18.0 Å². The summed E-state index contributed by atoms with van der Waals surface area (Å²) < 4.78 is 0. The number of benzene rings is 1. The van der Waals surface area contributed by atoms with E-state index in [0.717, 1.165) is 11.5 Å². The smallest absolute Gasteiger partial charge is 0.106 e. The van der Waals surface area contributed by atoms with Crippen LogP contribution in [0.15, 0.2) is 42.7 Å². The van der Waals surface area contributed by atoms with E-state index < -0.39 is 6.10 Å². The van der Waals surface area contributed by atoms with Gasteiger partial charge in [-0.2, -0.15) is 0 Å². The van der Waals surface area contributed by atoms with Crippen LogP contribution in [0.4, 0.5) is 0 Å². The highest BCUT2D eigenvalue weighted by atomic mass is 35.5. The Labute approximate surface area is 118 Å². The zero-order valence-electron chi connectivity index (χ0n) is 10.6. The van der Waals surface area contributed by atoms with Crippen LogP contribution in [0.3, 0.4) is 0 Å². The second-order valence-electron chi connectivity index (χ2n) is 5.09. The van der Waals surface area contributed by atoms with Crippen molar-refractivity contribution in [3.8, 4) is 0 Å². The topological polar surface area (TPSA) is 33.1 Å². The summed E-state index contributed by atoms with van der Waals surface area (Å²) in [6.45, 7) is 0. The minimum absolute atomic E-state index is 0.498. The first-order chi connectivity index (χ1) is 9.25. The molecule has 0 aliphatic heterocycles. The van der Waals surface area contributed by atoms with Crippen molar-refractivity contribution in [2.24, 2.45) is 0 Å². The molecular formula is C16H16ClNO. The van der Waals surface area contributed by atoms with Gasteiger partial charge < -0.3 is 5.11 Å². The van der Waals surface area contributed by atoms with Crippen LogP contribution in [0.5, 0.6) is 0 Å². The van der Waals surface area contributed by atoms with Crippen LogP contribution < -0.4 is 0 Å². The summed E-state index contributed by atoms with van der Waals surface area (Å²) in [5.41, 5.74) is 2.95. The Balaban J connectivity index is 1.83. The average molecular weight is 274 g/mol. The molecule has 1 atom stereocenters. The van der Waals surface area contributed by atoms with Crippen LogP contribution in [0.2, 0.25) is 5.02 Å². The van der Waals surface area contributed by atoms with E-state index in [0.29, 0.717) is 10.6 Å². The molecule has 1 aromatic carbocycles. The summed E-state index contributed by atoms with van der Waals surface area (Å²) in [6, 6.07) is 9.99. The largest absolute Gasteiger partial charge is 0.384 e. The standard InChI is InChI=1S/C16H16ClNO/c17-15-10-18-9-8-14(15)16(19)13-6-4-12(5-7-13)11-2-1-3-11/h4-11,16,19H,1-3H2. The van der Waals surface area contributed by atoms with E-state index in [4.69, 9.17) is 11.6 Å². The predicted molar refractivity (Wildman–Crippen MR) is 76.3 cm³/mol. The number of rotatable bonds is 3. The highest BCUT2D eigenvalue weighted by molar-refractivity contribution is 6.31. The molecule has 0 amide bonds. The van der Waals surface area contributed by atoms with Gasteiger partial charge in [-0.25, -0.2) is 0 Å². The number of halogens is 1. The Morgan fingerprint density at radius 3 is 2.47 bits per heavy atom. The fourth-order valence-electron chi connectivity index (χ4n) is 2.48. The molecule has 0 spiro atoms. The molecule has 3 rings (SSSR count). The summed E-state index contributed by atoms with van der Waals surface area (Å²) in [4.78, 5) is 3.93. The molecule has 0 saturated heterocycles. The Morgan fingerprint density at radius 2 is 1.89 bits per heavy atom. The van der Waals surface area contributed by atoms with Gasteiger partial charge in [0.1, 0.15) is 6.10 Å². The normalized spacial score (nSPS) is 16.9. The molecule has 3 heteroatoms. The summed E-state index contributed by atoms with van der Waals surface area (Å²) in [6.07, 6.45) is 6.43. The third-order valence-corrected chi connectivity index (χ3v) is 4.24. The summed E-state index contributed by atoms with van der Waals surface area (Å²) in [5, 5.41) is 10.9. The lowest BCUT2D eigenvalue weighted by atomic mass is 9.80. The van der Waals surface area contributed by atoms with Gasteiger partial charge in [0.2, 0.25) is 0 Å². The molecule has 1 heterocycles. The van der Waals surface area contributed by atoms with Crippen molar-refractivity contribution >= 4 is 11.6 Å². The van der Waals surface area contributed by atoms with Gasteiger partial charge >= 0.3 is 0 Å². The number of aliphatic hydroxyl groups excluding tert-OH is 1. The van der Waals surface area contributed by atoms with Gasteiger partial charge in [-0.1, -0.05) is 42.3 Å². The maximum atomic E-state index is 10.4. The maximum Gasteiger partial charge on any atom is 0.106 e. The van der Waals surface area contributed by atoms with Crippen LogP contribution in [-0.2, 0) is 0 Å². The first-order valence-electron chi connectivity index (χ1n) is 6.63. The van der Waals surface area contributed by atoms with Gasteiger partial charge in [0.15, 0.2) is 0 Å².